The molecule has 122 valence electrons. The van der Waals surface area contributed by atoms with Gasteiger partial charge in [-0.25, -0.2) is 9.59 Å². The number of carbonyl (C=O) groups excluding carboxylic acids is 2. The number of nitrogens with two attached hydrogens (primary N) is 2. The van der Waals surface area contributed by atoms with Crippen molar-refractivity contribution >= 4 is 23.4 Å². The van der Waals surface area contributed by atoms with Crippen LogP contribution in [-0.4, -0.2) is 30.8 Å². The SMILES string of the molecule is COC(=O)[C@H](Cc1ccc(N)c(N)c1)NC(=O)OC(C)(C)C. The smallest absolute Gasteiger partial charge is 0.408 e. The van der Waals surface area contributed by atoms with Crippen LogP contribution in [0.15, 0.2) is 18.2 Å². The van der Waals surface area contributed by atoms with E-state index in [1.165, 1.54) is 7.11 Å². The number of hydrogen-bond acceptors (Lipinski definition) is 6. The fourth-order valence-electron chi connectivity index (χ4n) is 1.77. The van der Waals surface area contributed by atoms with Gasteiger partial charge in [0.25, 0.3) is 0 Å². The monoisotopic (exact) mass is 309 g/mol. The van der Waals surface area contributed by atoms with Crippen LogP contribution in [0.5, 0.6) is 0 Å². The van der Waals surface area contributed by atoms with E-state index < -0.39 is 23.7 Å². The van der Waals surface area contributed by atoms with Crippen molar-refractivity contribution in [2.24, 2.45) is 0 Å². The Hall–Kier alpha value is -2.44. The van der Waals surface area contributed by atoms with E-state index in [0.29, 0.717) is 11.4 Å². The summed E-state index contributed by atoms with van der Waals surface area (Å²) in [6, 6.07) is 4.16. The Morgan fingerprint density at radius 3 is 2.36 bits per heavy atom. The highest BCUT2D eigenvalue weighted by Crippen LogP contribution is 2.17. The Kier molecular flexibility index (Phi) is 5.62. The average Bonchev–Trinajstić information content (AvgIpc) is 2.39. The molecular weight excluding hydrogens is 286 g/mol. The lowest BCUT2D eigenvalue weighted by Gasteiger charge is -2.22. The summed E-state index contributed by atoms with van der Waals surface area (Å²) in [4.78, 5) is 23.6. The molecular formula is C15H23N3O4. The van der Waals surface area contributed by atoms with Gasteiger partial charge in [-0.2, -0.15) is 0 Å². The first kappa shape index (κ1) is 17.6. The quantitative estimate of drug-likeness (QED) is 0.572. The van der Waals surface area contributed by atoms with Gasteiger partial charge in [0.15, 0.2) is 0 Å². The Balaban J connectivity index is 2.82. The maximum atomic E-state index is 11.8. The first-order valence-electron chi connectivity index (χ1n) is 6.83. The van der Waals surface area contributed by atoms with E-state index in [1.807, 2.05) is 0 Å². The summed E-state index contributed by atoms with van der Waals surface area (Å²) in [6.45, 7) is 5.21. The first-order chi connectivity index (χ1) is 10.1. The summed E-state index contributed by atoms with van der Waals surface area (Å²) in [6.07, 6.45) is -0.470. The number of nitrogens with one attached hydrogen (secondary N) is 1. The summed E-state index contributed by atoms with van der Waals surface area (Å²) in [5, 5.41) is 2.50. The maximum Gasteiger partial charge on any atom is 0.408 e. The lowest BCUT2D eigenvalue weighted by atomic mass is 10.0. The zero-order valence-corrected chi connectivity index (χ0v) is 13.3. The lowest BCUT2D eigenvalue weighted by Crippen LogP contribution is -2.45. The molecule has 22 heavy (non-hydrogen) atoms. The van der Waals surface area contributed by atoms with Crippen LogP contribution in [0.2, 0.25) is 0 Å². The molecule has 1 rings (SSSR count). The molecule has 0 heterocycles. The zero-order valence-electron chi connectivity index (χ0n) is 13.3. The molecule has 0 radical (unpaired) electrons. The standard InChI is InChI=1S/C15H23N3O4/c1-15(2,3)22-14(20)18-12(13(19)21-4)8-9-5-6-10(16)11(17)7-9/h5-7,12H,8,16-17H2,1-4H3,(H,18,20)/t12-/m0/s1. The van der Waals surface area contributed by atoms with E-state index in [2.05, 4.69) is 5.32 Å². The molecule has 0 aliphatic heterocycles. The van der Waals surface area contributed by atoms with Crippen LogP contribution < -0.4 is 16.8 Å². The van der Waals surface area contributed by atoms with Crippen LogP contribution in [0.3, 0.4) is 0 Å². The van der Waals surface area contributed by atoms with Crippen molar-refractivity contribution < 1.29 is 19.1 Å². The number of carbonyl (C=O) groups is 2. The van der Waals surface area contributed by atoms with Crippen molar-refractivity contribution in [2.75, 3.05) is 18.6 Å². The van der Waals surface area contributed by atoms with E-state index in [0.717, 1.165) is 5.56 Å². The van der Waals surface area contributed by atoms with Crippen molar-refractivity contribution in [3.05, 3.63) is 23.8 Å². The number of alkyl carbamates (subject to hydrolysis) is 1. The number of methoxy groups -OCH3 is 1. The molecule has 1 amide bonds. The summed E-state index contributed by atoms with van der Waals surface area (Å²) >= 11 is 0. The Morgan fingerprint density at radius 2 is 1.86 bits per heavy atom. The van der Waals surface area contributed by atoms with Crippen molar-refractivity contribution in [2.45, 2.75) is 38.8 Å². The highest BCUT2D eigenvalue weighted by molar-refractivity contribution is 5.81. The van der Waals surface area contributed by atoms with Crippen molar-refractivity contribution in [3.63, 3.8) is 0 Å². The van der Waals surface area contributed by atoms with Gasteiger partial charge in [0, 0.05) is 6.42 Å². The predicted molar refractivity (Wildman–Crippen MR) is 84.1 cm³/mol. The number of ether oxygens (including phenoxy) is 2. The minimum atomic E-state index is -0.872. The number of amides is 1. The second-order valence-corrected chi connectivity index (χ2v) is 5.89. The molecule has 0 bridgehead atoms. The molecule has 0 aliphatic rings. The van der Waals surface area contributed by atoms with Gasteiger partial charge in [0.1, 0.15) is 11.6 Å². The lowest BCUT2D eigenvalue weighted by molar-refractivity contribution is -0.143. The molecule has 7 heteroatoms. The van der Waals surface area contributed by atoms with Gasteiger partial charge in [-0.3, -0.25) is 0 Å². The molecule has 0 fully saturated rings. The molecule has 7 nitrogen and oxygen atoms in total. The Bertz CT molecular complexity index is 552. The number of esters is 1. The Labute approximate surface area is 129 Å². The van der Waals surface area contributed by atoms with E-state index in [9.17, 15) is 9.59 Å². The van der Waals surface area contributed by atoms with Gasteiger partial charge in [-0.1, -0.05) is 6.07 Å². The van der Waals surface area contributed by atoms with E-state index in [-0.39, 0.29) is 6.42 Å². The molecule has 0 aromatic heterocycles. The number of anilines is 2. The molecule has 5 N–H and O–H groups in total. The van der Waals surface area contributed by atoms with Crippen molar-refractivity contribution in [1.82, 2.24) is 5.32 Å². The molecule has 0 unspecified atom stereocenters. The van der Waals surface area contributed by atoms with Crippen LogP contribution in [0, 0.1) is 0 Å². The summed E-state index contributed by atoms with van der Waals surface area (Å²) in [5.41, 5.74) is 12.3. The molecule has 1 atom stereocenters. The normalized spacial score (nSPS) is 12.4. The summed E-state index contributed by atoms with van der Waals surface area (Å²) < 4.78 is 9.85. The molecule has 0 spiro atoms. The van der Waals surface area contributed by atoms with Crippen molar-refractivity contribution in [1.29, 1.82) is 0 Å². The van der Waals surface area contributed by atoms with Gasteiger partial charge in [0.05, 0.1) is 18.5 Å². The van der Waals surface area contributed by atoms with Gasteiger partial charge in [-0.05, 0) is 38.5 Å². The van der Waals surface area contributed by atoms with Crippen LogP contribution in [-0.2, 0) is 20.7 Å². The van der Waals surface area contributed by atoms with Gasteiger partial charge >= 0.3 is 12.1 Å². The third-order valence-electron chi connectivity index (χ3n) is 2.77. The summed E-state index contributed by atoms with van der Waals surface area (Å²) in [7, 11) is 1.25. The van der Waals surface area contributed by atoms with Crippen LogP contribution in [0.4, 0.5) is 16.2 Å². The first-order valence-corrected chi connectivity index (χ1v) is 6.83. The Morgan fingerprint density at radius 1 is 1.23 bits per heavy atom. The van der Waals surface area contributed by atoms with E-state index in [1.54, 1.807) is 39.0 Å². The van der Waals surface area contributed by atoms with Gasteiger partial charge < -0.3 is 26.3 Å². The topological polar surface area (TPSA) is 117 Å². The largest absolute Gasteiger partial charge is 0.467 e. The fraction of sp³-hybridized carbons (Fsp3) is 0.467. The van der Waals surface area contributed by atoms with E-state index in [4.69, 9.17) is 20.9 Å². The highest BCUT2D eigenvalue weighted by Gasteiger charge is 2.25. The van der Waals surface area contributed by atoms with E-state index >= 15 is 0 Å². The number of rotatable bonds is 4. The minimum absolute atomic E-state index is 0.219. The maximum absolute atomic E-state index is 11.8. The second kappa shape index (κ2) is 7.02. The number of benzene rings is 1. The van der Waals surface area contributed by atoms with Gasteiger partial charge in [-0.15, -0.1) is 0 Å². The molecule has 0 saturated carbocycles. The van der Waals surface area contributed by atoms with Crippen LogP contribution >= 0.6 is 0 Å². The van der Waals surface area contributed by atoms with Crippen LogP contribution in [0.25, 0.3) is 0 Å². The van der Waals surface area contributed by atoms with Gasteiger partial charge in [0.2, 0.25) is 0 Å². The number of hydrogen-bond donors (Lipinski definition) is 3. The number of nitrogen functional groups attached to an aromatic ring is 2. The highest BCUT2D eigenvalue weighted by atomic mass is 16.6. The predicted octanol–water partition coefficient (Wildman–Crippen LogP) is 1.46. The molecule has 1 aromatic carbocycles. The van der Waals surface area contributed by atoms with Crippen LogP contribution in [0.1, 0.15) is 26.3 Å². The van der Waals surface area contributed by atoms with Crippen molar-refractivity contribution in [3.8, 4) is 0 Å². The average molecular weight is 309 g/mol. The fourth-order valence-corrected chi connectivity index (χ4v) is 1.77. The molecule has 0 aliphatic carbocycles. The third-order valence-corrected chi connectivity index (χ3v) is 2.77. The minimum Gasteiger partial charge on any atom is -0.467 e. The summed E-state index contributed by atoms with van der Waals surface area (Å²) in [5.74, 6) is -0.568. The molecule has 0 saturated heterocycles. The second-order valence-electron chi connectivity index (χ2n) is 5.89. The molecule has 1 aromatic rings. The third kappa shape index (κ3) is 5.51. The zero-order chi connectivity index (χ0) is 16.9.